The average molecular weight is 541 g/mol. The number of hydrogen-bond donors (Lipinski definition) is 4. The van der Waals surface area contributed by atoms with Crippen molar-refractivity contribution in [2.45, 2.75) is 63.4 Å². The summed E-state index contributed by atoms with van der Waals surface area (Å²) in [7, 11) is 2.03. The summed E-state index contributed by atoms with van der Waals surface area (Å²) in [5, 5.41) is 12.7. The van der Waals surface area contributed by atoms with Gasteiger partial charge in [0.2, 0.25) is 5.91 Å². The largest absolute Gasteiger partial charge is 0.393 e. The highest BCUT2D eigenvalue weighted by Crippen LogP contribution is 2.23. The number of anilines is 1. The molecule has 12 heteroatoms. The number of nitrogens with zero attached hydrogens (tertiary/aromatic N) is 5. The number of benzene rings is 1. The van der Waals surface area contributed by atoms with Crippen molar-refractivity contribution in [2.24, 2.45) is 11.5 Å². The van der Waals surface area contributed by atoms with Crippen LogP contribution in [0.3, 0.4) is 0 Å². The van der Waals surface area contributed by atoms with Crippen molar-refractivity contribution < 1.29 is 14.7 Å². The molecule has 1 aromatic heterocycles. The highest BCUT2D eigenvalue weighted by Gasteiger charge is 2.31. The number of aromatic nitrogens is 2. The standard InChI is InChI=1S/C27H40N8O4/c1-27(2,29)24(37)33-10-12-34(13-11-33)25(38)30-23-8-9-35(26(39)31-23)20-6-4-18(5-7-20)17-32(3)21-14-19(28)15-22(36)16-21/h4-9,19,21-22,36H,10-17,28-29H2,1-3H3,(H,30,31,38,39). The first-order valence-electron chi connectivity index (χ1n) is 13.4. The number of urea groups is 1. The molecule has 0 radical (unpaired) electrons. The van der Waals surface area contributed by atoms with E-state index in [1.165, 1.54) is 4.57 Å². The third kappa shape index (κ3) is 7.21. The van der Waals surface area contributed by atoms with Gasteiger partial charge in [-0.3, -0.25) is 19.6 Å². The Morgan fingerprint density at radius 1 is 1.08 bits per heavy atom. The van der Waals surface area contributed by atoms with Crippen LogP contribution in [0.5, 0.6) is 0 Å². The van der Waals surface area contributed by atoms with Gasteiger partial charge in [-0.15, -0.1) is 0 Å². The second-order valence-corrected chi connectivity index (χ2v) is 11.3. The summed E-state index contributed by atoms with van der Waals surface area (Å²) in [5.41, 5.74) is 12.3. The molecule has 3 unspecified atom stereocenters. The second kappa shape index (κ2) is 11.8. The van der Waals surface area contributed by atoms with Crippen molar-refractivity contribution >= 4 is 17.8 Å². The lowest BCUT2D eigenvalue weighted by atomic mass is 9.88. The zero-order chi connectivity index (χ0) is 28.3. The van der Waals surface area contributed by atoms with Crippen molar-refractivity contribution in [3.63, 3.8) is 0 Å². The first-order chi connectivity index (χ1) is 18.4. The Morgan fingerprint density at radius 2 is 1.72 bits per heavy atom. The van der Waals surface area contributed by atoms with Crippen LogP contribution in [-0.2, 0) is 11.3 Å². The summed E-state index contributed by atoms with van der Waals surface area (Å²) in [4.78, 5) is 47.2. The van der Waals surface area contributed by atoms with Gasteiger partial charge in [-0.1, -0.05) is 12.1 Å². The highest BCUT2D eigenvalue weighted by molar-refractivity contribution is 5.89. The number of aliphatic hydroxyl groups is 1. The quantitative estimate of drug-likeness (QED) is 0.407. The number of carbonyl (C=O) groups excluding carboxylic acids is 2. The lowest BCUT2D eigenvalue weighted by Crippen LogP contribution is -2.58. The van der Waals surface area contributed by atoms with E-state index in [1.807, 2.05) is 31.3 Å². The number of nitrogens with one attached hydrogen (secondary N) is 1. The van der Waals surface area contributed by atoms with Crippen molar-refractivity contribution in [2.75, 3.05) is 38.5 Å². The Balaban J connectivity index is 1.32. The van der Waals surface area contributed by atoms with Crippen LogP contribution in [0, 0.1) is 0 Å². The smallest absolute Gasteiger partial charge is 0.354 e. The van der Waals surface area contributed by atoms with Gasteiger partial charge in [-0.25, -0.2) is 9.59 Å². The molecule has 0 bridgehead atoms. The Hall–Kier alpha value is -3.32. The number of rotatable bonds is 6. The average Bonchev–Trinajstić information content (AvgIpc) is 2.88. The fraction of sp³-hybridized carbons (Fsp3) is 0.556. The topological polar surface area (TPSA) is 163 Å². The van der Waals surface area contributed by atoms with Crippen LogP contribution < -0.4 is 22.5 Å². The molecule has 39 heavy (non-hydrogen) atoms. The van der Waals surface area contributed by atoms with E-state index in [0.29, 0.717) is 44.8 Å². The summed E-state index contributed by atoms with van der Waals surface area (Å²) in [6, 6.07) is 9.08. The van der Waals surface area contributed by atoms with Crippen LogP contribution >= 0.6 is 0 Å². The minimum Gasteiger partial charge on any atom is -0.393 e. The van der Waals surface area contributed by atoms with E-state index >= 15 is 0 Å². The summed E-state index contributed by atoms with van der Waals surface area (Å²) < 4.78 is 1.42. The van der Waals surface area contributed by atoms with Crippen LogP contribution in [-0.4, -0.2) is 98.2 Å². The Morgan fingerprint density at radius 3 is 2.31 bits per heavy atom. The number of hydrogen-bond acceptors (Lipinski definition) is 8. The van der Waals surface area contributed by atoms with E-state index in [-0.39, 0.29) is 35.9 Å². The number of nitrogens with two attached hydrogens (primary N) is 2. The van der Waals surface area contributed by atoms with Gasteiger partial charge >= 0.3 is 11.7 Å². The van der Waals surface area contributed by atoms with E-state index in [0.717, 1.165) is 18.4 Å². The molecule has 2 heterocycles. The molecule has 2 aromatic rings. The molecule has 2 aliphatic rings. The van der Waals surface area contributed by atoms with Crippen LogP contribution in [0.25, 0.3) is 5.69 Å². The van der Waals surface area contributed by atoms with E-state index < -0.39 is 11.2 Å². The lowest BCUT2D eigenvalue weighted by molar-refractivity contribution is -0.137. The summed E-state index contributed by atoms with van der Waals surface area (Å²) in [5.74, 6) is 0.00986. The molecule has 12 nitrogen and oxygen atoms in total. The predicted molar refractivity (Wildman–Crippen MR) is 148 cm³/mol. The Bertz CT molecular complexity index is 1210. The molecule has 3 atom stereocenters. The van der Waals surface area contributed by atoms with Gasteiger partial charge < -0.3 is 26.4 Å². The van der Waals surface area contributed by atoms with Crippen LogP contribution in [0.2, 0.25) is 0 Å². The Kier molecular flexibility index (Phi) is 8.70. The molecule has 1 aliphatic heterocycles. The van der Waals surface area contributed by atoms with Crippen molar-refractivity contribution in [3.8, 4) is 5.69 Å². The monoisotopic (exact) mass is 540 g/mol. The maximum absolute atomic E-state index is 12.7. The van der Waals surface area contributed by atoms with Crippen LogP contribution in [0.15, 0.2) is 41.3 Å². The first-order valence-corrected chi connectivity index (χ1v) is 13.4. The fourth-order valence-electron chi connectivity index (χ4n) is 5.22. The SMILES string of the molecule is CN(Cc1ccc(-n2ccc(NC(=O)N3CCN(C(=O)C(C)(C)N)CC3)nc2=O)cc1)C1CC(N)CC(O)C1. The van der Waals surface area contributed by atoms with Crippen LogP contribution in [0.4, 0.5) is 10.6 Å². The normalized spacial score (nSPS) is 22.2. The van der Waals surface area contributed by atoms with Crippen molar-refractivity contribution in [3.05, 3.63) is 52.6 Å². The zero-order valence-corrected chi connectivity index (χ0v) is 22.9. The van der Waals surface area contributed by atoms with Gasteiger partial charge in [-0.05, 0) is 63.9 Å². The molecule has 212 valence electrons. The lowest BCUT2D eigenvalue weighted by Gasteiger charge is -2.37. The van der Waals surface area contributed by atoms with Gasteiger partial charge in [0, 0.05) is 51.0 Å². The summed E-state index contributed by atoms with van der Waals surface area (Å²) >= 11 is 0. The maximum Gasteiger partial charge on any atom is 0.354 e. The highest BCUT2D eigenvalue weighted by atomic mass is 16.3. The molecule has 2 fully saturated rings. The Labute approximate surface area is 228 Å². The van der Waals surface area contributed by atoms with E-state index in [4.69, 9.17) is 11.5 Å². The molecule has 1 aliphatic carbocycles. The second-order valence-electron chi connectivity index (χ2n) is 11.3. The molecular formula is C27H40N8O4. The fourth-order valence-corrected chi connectivity index (χ4v) is 5.22. The van der Waals surface area contributed by atoms with Crippen LogP contribution in [0.1, 0.15) is 38.7 Å². The molecule has 1 aromatic carbocycles. The molecular weight excluding hydrogens is 500 g/mol. The third-order valence-electron chi connectivity index (χ3n) is 7.41. The van der Waals surface area contributed by atoms with Gasteiger partial charge in [0.15, 0.2) is 0 Å². The molecule has 3 amide bonds. The van der Waals surface area contributed by atoms with Gasteiger partial charge in [0.05, 0.1) is 17.3 Å². The first kappa shape index (κ1) is 28.7. The molecule has 1 saturated heterocycles. The summed E-state index contributed by atoms with van der Waals surface area (Å²) in [6.07, 6.45) is 3.45. The summed E-state index contributed by atoms with van der Waals surface area (Å²) in [6.45, 7) is 5.54. The number of aliphatic hydroxyl groups excluding tert-OH is 1. The number of piperazine rings is 1. The van der Waals surface area contributed by atoms with E-state index in [9.17, 15) is 19.5 Å². The molecule has 4 rings (SSSR count). The zero-order valence-electron chi connectivity index (χ0n) is 22.9. The predicted octanol–water partition coefficient (Wildman–Crippen LogP) is 0.318. The van der Waals surface area contributed by atoms with Gasteiger partial charge in [0.1, 0.15) is 5.82 Å². The minimum absolute atomic E-state index is 0.0144. The molecule has 0 spiro atoms. The molecule has 6 N–H and O–H groups in total. The maximum atomic E-state index is 12.7. The minimum atomic E-state index is -0.955. The van der Waals surface area contributed by atoms with Crippen molar-refractivity contribution in [1.82, 2.24) is 24.3 Å². The van der Waals surface area contributed by atoms with Crippen molar-refractivity contribution in [1.29, 1.82) is 0 Å². The van der Waals surface area contributed by atoms with Gasteiger partial charge in [0.25, 0.3) is 0 Å². The number of carbonyl (C=O) groups is 2. The van der Waals surface area contributed by atoms with E-state index in [1.54, 1.807) is 35.9 Å². The van der Waals surface area contributed by atoms with Gasteiger partial charge in [-0.2, -0.15) is 4.98 Å². The third-order valence-corrected chi connectivity index (χ3v) is 7.41. The molecule has 1 saturated carbocycles. The van der Waals surface area contributed by atoms with E-state index in [2.05, 4.69) is 15.2 Å². The number of amides is 3.